The topological polar surface area (TPSA) is 75.4 Å². The van der Waals surface area contributed by atoms with E-state index in [1.54, 1.807) is 15.6 Å². The molecule has 0 aliphatic carbocycles. The van der Waals surface area contributed by atoms with Crippen LogP contribution in [0, 0.1) is 8.80 Å². The van der Waals surface area contributed by atoms with E-state index >= 15 is 0 Å². The number of nitrogens with one attached hydrogen (secondary N) is 1. The lowest BCUT2D eigenvalue weighted by atomic mass is 9.90. The van der Waals surface area contributed by atoms with Crippen LogP contribution in [0.4, 0.5) is 0 Å². The molecular weight excluding hydrogens is 409 g/mol. The SMILES string of the molecule is CS(=O)(=O)N1CCCC(CC(NN)c2csc(I)c2)C1. The number of piperidine rings is 1. The summed E-state index contributed by atoms with van der Waals surface area (Å²) in [5.74, 6) is 6.03. The Bertz CT molecular complexity index is 547. The first-order chi connectivity index (χ1) is 9.40. The van der Waals surface area contributed by atoms with Crippen molar-refractivity contribution in [1.29, 1.82) is 0 Å². The Hall–Kier alpha value is 0.260. The summed E-state index contributed by atoms with van der Waals surface area (Å²) in [6, 6.07) is 2.23. The number of hydrogen-bond donors (Lipinski definition) is 2. The van der Waals surface area contributed by atoms with Crippen LogP contribution in [0.2, 0.25) is 0 Å². The van der Waals surface area contributed by atoms with E-state index in [4.69, 9.17) is 5.84 Å². The minimum atomic E-state index is -3.08. The molecule has 114 valence electrons. The summed E-state index contributed by atoms with van der Waals surface area (Å²) in [7, 11) is -3.08. The van der Waals surface area contributed by atoms with Crippen LogP contribution in [-0.2, 0) is 10.0 Å². The second kappa shape index (κ2) is 7.01. The van der Waals surface area contributed by atoms with Gasteiger partial charge in [-0.15, -0.1) is 11.3 Å². The van der Waals surface area contributed by atoms with Crippen molar-refractivity contribution >= 4 is 44.0 Å². The normalized spacial score (nSPS) is 22.9. The number of hydrogen-bond acceptors (Lipinski definition) is 5. The predicted octanol–water partition coefficient (Wildman–Crippen LogP) is 1.92. The van der Waals surface area contributed by atoms with E-state index in [9.17, 15) is 8.42 Å². The molecule has 0 spiro atoms. The van der Waals surface area contributed by atoms with Crippen LogP contribution < -0.4 is 11.3 Å². The molecule has 2 atom stereocenters. The number of halogens is 1. The minimum Gasteiger partial charge on any atom is -0.271 e. The van der Waals surface area contributed by atoms with Crippen molar-refractivity contribution in [1.82, 2.24) is 9.73 Å². The van der Waals surface area contributed by atoms with E-state index in [2.05, 4.69) is 39.5 Å². The van der Waals surface area contributed by atoms with Gasteiger partial charge in [-0.3, -0.25) is 11.3 Å². The first kappa shape index (κ1) is 16.6. The molecule has 0 bridgehead atoms. The van der Waals surface area contributed by atoms with Gasteiger partial charge in [0.05, 0.1) is 9.14 Å². The maximum Gasteiger partial charge on any atom is 0.211 e. The van der Waals surface area contributed by atoms with E-state index in [1.165, 1.54) is 14.7 Å². The molecule has 8 heteroatoms. The number of sulfonamides is 1. The molecular formula is C12H20IN3O2S2. The van der Waals surface area contributed by atoms with Crippen LogP contribution >= 0.6 is 33.9 Å². The minimum absolute atomic E-state index is 0.0966. The fraction of sp³-hybridized carbons (Fsp3) is 0.667. The highest BCUT2D eigenvalue weighted by molar-refractivity contribution is 14.1. The molecule has 1 fully saturated rings. The third kappa shape index (κ3) is 4.38. The zero-order valence-electron chi connectivity index (χ0n) is 11.4. The summed E-state index contributed by atoms with van der Waals surface area (Å²) < 4.78 is 26.1. The quantitative estimate of drug-likeness (QED) is 0.426. The Labute approximate surface area is 138 Å². The van der Waals surface area contributed by atoms with Gasteiger partial charge in [-0.2, -0.15) is 0 Å². The molecule has 3 N–H and O–H groups in total. The number of nitrogens with two attached hydrogens (primary N) is 1. The molecule has 2 heterocycles. The zero-order chi connectivity index (χ0) is 14.8. The number of nitrogens with zero attached hydrogens (tertiary/aromatic N) is 1. The maximum atomic E-state index is 11.6. The first-order valence-corrected chi connectivity index (χ1v) is 10.4. The highest BCUT2D eigenvalue weighted by Gasteiger charge is 2.28. The van der Waals surface area contributed by atoms with Crippen LogP contribution in [0.1, 0.15) is 30.9 Å². The molecule has 0 aromatic carbocycles. The van der Waals surface area contributed by atoms with Gasteiger partial charge in [-0.25, -0.2) is 12.7 Å². The zero-order valence-corrected chi connectivity index (χ0v) is 15.2. The molecule has 20 heavy (non-hydrogen) atoms. The van der Waals surface area contributed by atoms with Gasteiger partial charge in [0, 0.05) is 19.1 Å². The highest BCUT2D eigenvalue weighted by Crippen LogP contribution is 2.30. The van der Waals surface area contributed by atoms with E-state index in [0.29, 0.717) is 19.0 Å². The van der Waals surface area contributed by atoms with E-state index in [0.717, 1.165) is 19.3 Å². The van der Waals surface area contributed by atoms with Gasteiger partial charge >= 0.3 is 0 Å². The van der Waals surface area contributed by atoms with Gasteiger partial charge in [-0.05, 0) is 64.8 Å². The predicted molar refractivity (Wildman–Crippen MR) is 90.9 cm³/mol. The molecule has 1 aliphatic heterocycles. The molecule has 2 unspecified atom stereocenters. The fourth-order valence-electron chi connectivity index (χ4n) is 2.66. The van der Waals surface area contributed by atoms with Crippen LogP contribution in [0.15, 0.2) is 11.4 Å². The Morgan fingerprint density at radius 2 is 2.40 bits per heavy atom. The van der Waals surface area contributed by atoms with Crippen molar-refractivity contribution in [2.24, 2.45) is 11.8 Å². The fourth-order valence-corrected chi connectivity index (χ4v) is 5.03. The van der Waals surface area contributed by atoms with Crippen LogP contribution in [0.5, 0.6) is 0 Å². The molecule has 0 saturated carbocycles. The van der Waals surface area contributed by atoms with E-state index in [-0.39, 0.29) is 6.04 Å². The Morgan fingerprint density at radius 1 is 1.65 bits per heavy atom. The average Bonchev–Trinajstić information content (AvgIpc) is 2.82. The van der Waals surface area contributed by atoms with Crippen molar-refractivity contribution in [3.8, 4) is 0 Å². The summed E-state index contributed by atoms with van der Waals surface area (Å²) in [5, 5.41) is 2.11. The van der Waals surface area contributed by atoms with Crippen LogP contribution in [0.3, 0.4) is 0 Å². The van der Waals surface area contributed by atoms with Gasteiger partial charge in [0.2, 0.25) is 10.0 Å². The summed E-state index contributed by atoms with van der Waals surface area (Å²) in [6.45, 7) is 1.25. The van der Waals surface area contributed by atoms with Gasteiger partial charge in [0.15, 0.2) is 0 Å². The van der Waals surface area contributed by atoms with Crippen LogP contribution in [0.25, 0.3) is 0 Å². The lowest BCUT2D eigenvalue weighted by molar-refractivity contribution is 0.238. The summed E-state index contributed by atoms with van der Waals surface area (Å²) in [5.41, 5.74) is 4.06. The van der Waals surface area contributed by atoms with E-state index in [1.807, 2.05) is 0 Å². The van der Waals surface area contributed by atoms with Crippen molar-refractivity contribution in [3.05, 3.63) is 19.9 Å². The molecule has 0 radical (unpaired) electrons. The van der Waals surface area contributed by atoms with Gasteiger partial charge < -0.3 is 0 Å². The van der Waals surface area contributed by atoms with Crippen molar-refractivity contribution in [2.75, 3.05) is 19.3 Å². The Morgan fingerprint density at radius 3 is 2.95 bits per heavy atom. The lowest BCUT2D eigenvalue weighted by Crippen LogP contribution is -2.41. The maximum absolute atomic E-state index is 11.6. The summed E-state index contributed by atoms with van der Waals surface area (Å²) >= 11 is 4.00. The third-order valence-electron chi connectivity index (χ3n) is 3.71. The smallest absolute Gasteiger partial charge is 0.211 e. The van der Waals surface area contributed by atoms with Gasteiger partial charge in [0.25, 0.3) is 0 Å². The molecule has 2 rings (SSSR count). The standard InChI is InChI=1S/C12H20IN3O2S2/c1-20(17,18)16-4-2-3-9(7-16)5-11(15-14)10-6-12(13)19-8-10/h6,8-9,11,15H,2-5,7,14H2,1H3. The van der Waals surface area contributed by atoms with Crippen molar-refractivity contribution in [2.45, 2.75) is 25.3 Å². The first-order valence-electron chi connectivity index (χ1n) is 6.55. The Balaban J connectivity index is 2.01. The summed E-state index contributed by atoms with van der Waals surface area (Å²) in [4.78, 5) is 0. The number of thiophene rings is 1. The average molecular weight is 429 g/mol. The molecule has 1 aromatic heterocycles. The monoisotopic (exact) mass is 429 g/mol. The molecule has 5 nitrogen and oxygen atoms in total. The Kier molecular flexibility index (Phi) is 5.83. The largest absolute Gasteiger partial charge is 0.271 e. The number of rotatable bonds is 5. The van der Waals surface area contributed by atoms with Gasteiger partial charge in [-0.1, -0.05) is 0 Å². The molecule has 1 aliphatic rings. The van der Waals surface area contributed by atoms with Crippen molar-refractivity contribution in [3.63, 3.8) is 0 Å². The third-order valence-corrected chi connectivity index (χ3v) is 6.79. The van der Waals surface area contributed by atoms with Gasteiger partial charge in [0.1, 0.15) is 0 Å². The van der Waals surface area contributed by atoms with E-state index < -0.39 is 10.0 Å². The molecule has 0 amide bonds. The highest BCUT2D eigenvalue weighted by atomic mass is 127. The van der Waals surface area contributed by atoms with Crippen molar-refractivity contribution < 1.29 is 8.42 Å². The lowest BCUT2D eigenvalue weighted by Gasteiger charge is -2.32. The number of hydrazine groups is 1. The molecule has 1 aromatic rings. The second-order valence-electron chi connectivity index (χ2n) is 5.27. The summed E-state index contributed by atoms with van der Waals surface area (Å²) in [6.07, 6.45) is 4.15. The van der Waals surface area contributed by atoms with Crippen LogP contribution in [-0.4, -0.2) is 32.1 Å². The second-order valence-corrected chi connectivity index (χ2v) is 10.1. The molecule has 1 saturated heterocycles.